The number of urea groups is 1. The fraction of sp³-hybridized carbons (Fsp3) is 0.500. The highest BCUT2D eigenvalue weighted by Gasteiger charge is 2.17. The monoisotopic (exact) mass is 311 g/mol. The van der Waals surface area contributed by atoms with E-state index in [4.69, 9.17) is 5.11 Å². The number of rotatable bonds is 7. The summed E-state index contributed by atoms with van der Waals surface area (Å²) in [6.07, 6.45) is 4.32. The summed E-state index contributed by atoms with van der Waals surface area (Å²) in [5.74, 6) is -0.124. The first-order valence-corrected chi connectivity index (χ1v) is 8.06. The highest BCUT2D eigenvalue weighted by molar-refractivity contribution is 7.98. The second kappa shape index (κ2) is 8.51. The topological polar surface area (TPSA) is 82.5 Å². The molecule has 0 spiro atoms. The van der Waals surface area contributed by atoms with Crippen molar-refractivity contribution in [1.82, 2.24) is 15.2 Å². The largest absolute Gasteiger partial charge is 0.478 e. The van der Waals surface area contributed by atoms with Crippen molar-refractivity contribution in [1.29, 1.82) is 0 Å². The maximum Gasteiger partial charge on any atom is 0.335 e. The first-order chi connectivity index (χ1) is 9.99. The van der Waals surface area contributed by atoms with Gasteiger partial charge in [-0.1, -0.05) is 6.92 Å². The van der Waals surface area contributed by atoms with Crippen LogP contribution in [0.1, 0.15) is 29.4 Å². The number of nitrogens with zero attached hydrogens (tertiary/aromatic N) is 2. The molecule has 2 N–H and O–H groups in total. The van der Waals surface area contributed by atoms with Gasteiger partial charge in [0.25, 0.3) is 0 Å². The van der Waals surface area contributed by atoms with Crippen molar-refractivity contribution in [3.8, 4) is 0 Å². The Hall–Kier alpha value is -1.76. The molecular weight excluding hydrogens is 290 g/mol. The van der Waals surface area contributed by atoms with Crippen LogP contribution in [0, 0.1) is 0 Å². The van der Waals surface area contributed by atoms with Crippen LogP contribution in [0.2, 0.25) is 0 Å². The van der Waals surface area contributed by atoms with Gasteiger partial charge in [0.1, 0.15) is 0 Å². The van der Waals surface area contributed by atoms with Gasteiger partial charge in [0.05, 0.1) is 17.8 Å². The van der Waals surface area contributed by atoms with Crippen molar-refractivity contribution < 1.29 is 14.7 Å². The molecule has 6 nitrogen and oxygen atoms in total. The standard InChI is InChI=1S/C14H21N3O3S/c1-4-12(9-21-3)17(2)14(20)16-8-11-7-10(13(18)19)5-6-15-11/h5-7,12H,4,8-9H2,1-3H3,(H,16,20)(H,18,19). The zero-order valence-corrected chi connectivity index (χ0v) is 13.3. The lowest BCUT2D eigenvalue weighted by Crippen LogP contribution is -2.44. The Morgan fingerprint density at radius 1 is 1.52 bits per heavy atom. The van der Waals surface area contributed by atoms with Crippen molar-refractivity contribution in [2.45, 2.75) is 25.9 Å². The number of nitrogens with one attached hydrogen (secondary N) is 1. The van der Waals surface area contributed by atoms with Gasteiger partial charge in [0.2, 0.25) is 0 Å². The van der Waals surface area contributed by atoms with Gasteiger partial charge in [-0.3, -0.25) is 4.98 Å². The normalized spacial score (nSPS) is 11.8. The third-order valence-corrected chi connectivity index (χ3v) is 3.90. The summed E-state index contributed by atoms with van der Waals surface area (Å²) in [5, 5.41) is 11.7. The summed E-state index contributed by atoms with van der Waals surface area (Å²) in [5.41, 5.74) is 0.686. The fourth-order valence-corrected chi connectivity index (χ4v) is 2.70. The van der Waals surface area contributed by atoms with Crippen molar-refractivity contribution in [2.24, 2.45) is 0 Å². The van der Waals surface area contributed by atoms with Crippen LogP contribution >= 0.6 is 11.8 Å². The second-order valence-electron chi connectivity index (χ2n) is 4.63. The number of hydrogen-bond acceptors (Lipinski definition) is 4. The van der Waals surface area contributed by atoms with Crippen molar-refractivity contribution >= 4 is 23.8 Å². The number of pyridine rings is 1. The Kier molecular flexibility index (Phi) is 7.01. The average molecular weight is 311 g/mol. The summed E-state index contributed by atoms with van der Waals surface area (Å²) in [6, 6.07) is 2.88. The van der Waals surface area contributed by atoms with Crippen LogP contribution in [0.25, 0.3) is 0 Å². The molecular formula is C14H21N3O3S. The van der Waals surface area contributed by atoms with Crippen LogP contribution < -0.4 is 5.32 Å². The Morgan fingerprint density at radius 3 is 2.81 bits per heavy atom. The van der Waals surface area contributed by atoms with E-state index >= 15 is 0 Å². The molecule has 0 aromatic carbocycles. The molecule has 1 atom stereocenters. The zero-order chi connectivity index (χ0) is 15.8. The minimum atomic E-state index is -1.01. The Morgan fingerprint density at radius 2 is 2.24 bits per heavy atom. The minimum Gasteiger partial charge on any atom is -0.478 e. The maximum atomic E-state index is 12.1. The van der Waals surface area contributed by atoms with E-state index in [0.29, 0.717) is 5.69 Å². The zero-order valence-electron chi connectivity index (χ0n) is 12.5. The number of carboxylic acid groups (broad SMARTS) is 1. The number of amides is 2. The molecule has 0 saturated carbocycles. The lowest BCUT2D eigenvalue weighted by molar-refractivity contribution is 0.0696. The number of hydrogen-bond donors (Lipinski definition) is 2. The molecule has 0 bridgehead atoms. The molecule has 1 unspecified atom stereocenters. The molecule has 116 valence electrons. The molecule has 1 rings (SSSR count). The minimum absolute atomic E-state index is 0.163. The number of carbonyl (C=O) groups is 2. The summed E-state index contributed by atoms with van der Waals surface area (Å²) < 4.78 is 0. The molecule has 7 heteroatoms. The van der Waals surface area contributed by atoms with E-state index in [1.54, 1.807) is 23.7 Å². The van der Waals surface area contributed by atoms with Crippen molar-refractivity contribution in [2.75, 3.05) is 19.1 Å². The van der Waals surface area contributed by atoms with Gasteiger partial charge in [0.15, 0.2) is 0 Å². The van der Waals surface area contributed by atoms with E-state index in [2.05, 4.69) is 10.3 Å². The number of aromatic carboxylic acids is 1. The molecule has 2 amide bonds. The van der Waals surface area contributed by atoms with Crippen LogP contribution in [0.5, 0.6) is 0 Å². The molecule has 0 saturated heterocycles. The van der Waals surface area contributed by atoms with Gasteiger partial charge in [-0.05, 0) is 24.8 Å². The lowest BCUT2D eigenvalue weighted by Gasteiger charge is -2.26. The summed E-state index contributed by atoms with van der Waals surface area (Å²) >= 11 is 1.70. The predicted molar refractivity (Wildman–Crippen MR) is 83.7 cm³/mol. The highest BCUT2D eigenvalue weighted by atomic mass is 32.2. The van der Waals surface area contributed by atoms with Gasteiger partial charge < -0.3 is 15.3 Å². The molecule has 1 heterocycles. The summed E-state index contributed by atoms with van der Waals surface area (Å²) in [7, 11) is 1.76. The van der Waals surface area contributed by atoms with Gasteiger partial charge in [0, 0.05) is 25.0 Å². The quantitative estimate of drug-likeness (QED) is 0.805. The predicted octanol–water partition coefficient (Wildman–Crippen LogP) is 2.06. The number of carboxylic acids is 1. The third-order valence-electron chi connectivity index (χ3n) is 3.18. The van der Waals surface area contributed by atoms with Gasteiger partial charge in [-0.2, -0.15) is 11.8 Å². The van der Waals surface area contributed by atoms with Gasteiger partial charge in [-0.25, -0.2) is 9.59 Å². The second-order valence-corrected chi connectivity index (χ2v) is 5.54. The number of thioether (sulfide) groups is 1. The smallest absolute Gasteiger partial charge is 0.335 e. The molecule has 0 aliphatic carbocycles. The molecule has 1 aromatic rings. The number of carbonyl (C=O) groups excluding carboxylic acids is 1. The Bertz CT molecular complexity index is 496. The van der Waals surface area contributed by atoms with Crippen LogP contribution in [0.4, 0.5) is 4.79 Å². The SMILES string of the molecule is CCC(CSC)N(C)C(=O)NCc1cc(C(=O)O)ccn1. The van der Waals surface area contributed by atoms with Gasteiger partial charge in [-0.15, -0.1) is 0 Å². The van der Waals surface area contributed by atoms with E-state index in [9.17, 15) is 9.59 Å². The average Bonchev–Trinajstić information content (AvgIpc) is 2.49. The lowest BCUT2D eigenvalue weighted by atomic mass is 10.2. The van der Waals surface area contributed by atoms with Crippen LogP contribution in [-0.2, 0) is 6.54 Å². The molecule has 1 aromatic heterocycles. The number of aromatic nitrogens is 1. The van der Waals surface area contributed by atoms with E-state index in [1.807, 2.05) is 13.2 Å². The van der Waals surface area contributed by atoms with Crippen LogP contribution in [0.3, 0.4) is 0 Å². The van der Waals surface area contributed by atoms with E-state index in [0.717, 1.165) is 12.2 Å². The van der Waals surface area contributed by atoms with Crippen molar-refractivity contribution in [3.63, 3.8) is 0 Å². The summed E-state index contributed by atoms with van der Waals surface area (Å²) in [4.78, 5) is 28.7. The van der Waals surface area contributed by atoms with Crippen LogP contribution in [0.15, 0.2) is 18.3 Å². The summed E-state index contributed by atoms with van der Waals surface area (Å²) in [6.45, 7) is 2.25. The van der Waals surface area contributed by atoms with E-state index < -0.39 is 5.97 Å². The first kappa shape index (κ1) is 17.3. The molecule has 0 aliphatic rings. The highest BCUT2D eigenvalue weighted by Crippen LogP contribution is 2.09. The molecule has 21 heavy (non-hydrogen) atoms. The Balaban J connectivity index is 2.59. The molecule has 0 fully saturated rings. The Labute approximate surface area is 128 Å². The first-order valence-electron chi connectivity index (χ1n) is 6.67. The van der Waals surface area contributed by atoms with Crippen molar-refractivity contribution in [3.05, 3.63) is 29.6 Å². The third kappa shape index (κ3) is 5.26. The van der Waals surface area contributed by atoms with Gasteiger partial charge >= 0.3 is 12.0 Å². The van der Waals surface area contributed by atoms with E-state index in [-0.39, 0.29) is 24.2 Å². The van der Waals surface area contributed by atoms with Crippen LogP contribution in [-0.4, -0.2) is 52.1 Å². The van der Waals surface area contributed by atoms with E-state index in [1.165, 1.54) is 18.3 Å². The maximum absolute atomic E-state index is 12.1. The molecule has 0 radical (unpaired) electrons. The molecule has 0 aliphatic heterocycles. The fourth-order valence-electron chi connectivity index (χ4n) is 1.86.